The molecule has 0 aromatic heterocycles. The molecule has 0 amide bonds. The van der Waals surface area contributed by atoms with Crippen LogP contribution in [0.1, 0.15) is 0 Å². The molecule has 0 heterocycles. The van der Waals surface area contributed by atoms with Crippen LogP contribution in [-0.4, -0.2) is 0 Å². The van der Waals surface area contributed by atoms with Crippen molar-refractivity contribution < 1.29 is 0 Å². The normalized spacial score (nSPS) is 14.0. The van der Waals surface area contributed by atoms with Crippen LogP contribution >= 0.6 is 0 Å². The molecule has 0 radical (unpaired) electrons. The van der Waals surface area contributed by atoms with Gasteiger partial charge >= 0.3 is 0 Å². The Labute approximate surface area is 43.7 Å². The molecule has 2 nitrogen and oxygen atoms in total. The summed E-state index contributed by atoms with van der Waals surface area (Å²) in [5.74, 6) is 0. The van der Waals surface area contributed by atoms with Gasteiger partial charge in [0.05, 0.1) is 0 Å². The average Bonchev–Trinajstić information content (AvgIpc) is 2.20. The van der Waals surface area contributed by atoms with Crippen molar-refractivity contribution in [3.63, 3.8) is 0 Å². The van der Waals surface area contributed by atoms with Crippen molar-refractivity contribution in [3.8, 4) is 22.3 Å². The van der Waals surface area contributed by atoms with Gasteiger partial charge in [-0.15, -0.1) is 0 Å². The molecule has 8 heavy (non-hydrogen) atoms. The Balaban J connectivity index is 2.57. The highest BCUT2D eigenvalue weighted by molar-refractivity contribution is 6.19. The van der Waals surface area contributed by atoms with Gasteiger partial charge in [-0.2, -0.15) is 0 Å². The van der Waals surface area contributed by atoms with E-state index in [4.69, 9.17) is 0 Å². The number of benzene rings is 1. The molecular weight excluding hydrogens is 104 g/mol. The molecule has 1 aliphatic rings. The lowest BCUT2D eigenvalue weighted by Crippen LogP contribution is -1.78. The third kappa shape index (κ3) is 0.0978. The summed E-state index contributed by atoms with van der Waals surface area (Å²) < 4.78 is 0. The number of fused-ring (bicyclic) bond motifs is 4. The van der Waals surface area contributed by atoms with Crippen LogP contribution in [0.4, 0.5) is 0 Å². The van der Waals surface area contributed by atoms with E-state index >= 15 is 0 Å². The van der Waals surface area contributed by atoms with E-state index in [1.165, 1.54) is 0 Å². The molecule has 0 bridgehead atoms. The Kier molecular flexibility index (Phi) is 0.177. The second-order valence-corrected chi connectivity index (χ2v) is 2.16. The Morgan fingerprint density at radius 3 is 1.12 bits per heavy atom. The summed E-state index contributed by atoms with van der Waals surface area (Å²) in [7, 11) is 0. The molecule has 1 aliphatic carbocycles. The Bertz CT molecular complexity index is 327. The van der Waals surface area contributed by atoms with E-state index in [1.807, 2.05) is 0 Å². The van der Waals surface area contributed by atoms with Crippen LogP contribution in [0.5, 0.6) is 0 Å². The molecule has 36 valence electrons. The maximum absolute atomic E-state index is 10.4. The third-order valence-electron chi connectivity index (χ3n) is 1.78. The van der Waals surface area contributed by atoms with Crippen molar-refractivity contribution in [2.45, 2.75) is 0 Å². The predicted octanol–water partition coefficient (Wildman–Crippen LogP) is -0.194. The lowest BCUT2D eigenvalue weighted by molar-refractivity contribution is 1.96. The zero-order valence-corrected chi connectivity index (χ0v) is 3.82. The van der Waals surface area contributed by atoms with E-state index in [9.17, 15) is 9.59 Å². The van der Waals surface area contributed by atoms with Crippen LogP contribution in [0.15, 0.2) is 9.59 Å². The SMILES string of the molecule is O=c1c2c1-c1c-2c1=O. The summed E-state index contributed by atoms with van der Waals surface area (Å²) >= 11 is 0. The van der Waals surface area contributed by atoms with E-state index in [1.54, 1.807) is 0 Å². The lowest BCUT2D eigenvalue weighted by Gasteiger charge is -1.77. The van der Waals surface area contributed by atoms with Gasteiger partial charge in [0.1, 0.15) is 0 Å². The monoisotopic (exact) mass is 104 g/mol. The van der Waals surface area contributed by atoms with Crippen molar-refractivity contribution in [2.75, 3.05) is 0 Å². The van der Waals surface area contributed by atoms with Crippen LogP contribution in [0, 0.1) is 0 Å². The first-order valence-corrected chi connectivity index (χ1v) is 2.41. The van der Waals surface area contributed by atoms with E-state index < -0.39 is 0 Å². The average molecular weight is 104 g/mol. The van der Waals surface area contributed by atoms with Gasteiger partial charge in [-0.25, -0.2) is 0 Å². The highest BCUT2D eigenvalue weighted by atomic mass is 16.1. The fraction of sp³-hybridized carbons (Fsp3) is 0. The standard InChI is InChI=1S/C6O2/c7-5-1-2(5)4-3(1)6(4)8. The van der Waals surface area contributed by atoms with Gasteiger partial charge in [0.15, 0.2) is 10.9 Å². The fourth-order valence-corrected chi connectivity index (χ4v) is 1.23. The van der Waals surface area contributed by atoms with E-state index in [2.05, 4.69) is 0 Å². The molecule has 0 aliphatic heterocycles. The maximum atomic E-state index is 10.4. The summed E-state index contributed by atoms with van der Waals surface area (Å²) in [5.41, 5.74) is 3.20. The molecule has 0 N–H and O–H groups in total. The minimum atomic E-state index is 0.120. The predicted molar refractivity (Wildman–Crippen MR) is 28.2 cm³/mol. The molecule has 0 atom stereocenters. The van der Waals surface area contributed by atoms with E-state index in [-0.39, 0.29) is 10.9 Å². The third-order valence-corrected chi connectivity index (χ3v) is 1.78. The van der Waals surface area contributed by atoms with Crippen LogP contribution in [-0.2, 0) is 0 Å². The largest absolute Gasteiger partial charge is 0.289 e. The molecule has 0 unspecified atom stereocenters. The first-order chi connectivity index (χ1) is 3.82. The van der Waals surface area contributed by atoms with Crippen LogP contribution in [0.2, 0.25) is 0 Å². The van der Waals surface area contributed by atoms with Crippen molar-refractivity contribution in [2.24, 2.45) is 0 Å². The number of hydrogen-bond acceptors (Lipinski definition) is 2. The fourth-order valence-electron chi connectivity index (χ4n) is 1.23. The van der Waals surface area contributed by atoms with Crippen LogP contribution in [0.25, 0.3) is 22.3 Å². The molecule has 0 saturated carbocycles. The minimum absolute atomic E-state index is 0.120. The quantitative estimate of drug-likeness (QED) is 0.396. The van der Waals surface area contributed by atoms with Crippen LogP contribution in [0.3, 0.4) is 0 Å². The van der Waals surface area contributed by atoms with Crippen molar-refractivity contribution in [1.82, 2.24) is 0 Å². The molecule has 3 rings (SSSR count). The zero-order valence-electron chi connectivity index (χ0n) is 3.82. The van der Waals surface area contributed by atoms with Gasteiger partial charge in [-0.05, 0) is 0 Å². The van der Waals surface area contributed by atoms with Gasteiger partial charge in [0.25, 0.3) is 0 Å². The highest BCUT2D eigenvalue weighted by Gasteiger charge is 2.50. The van der Waals surface area contributed by atoms with Crippen molar-refractivity contribution in [1.29, 1.82) is 0 Å². The summed E-state index contributed by atoms with van der Waals surface area (Å²) in [4.78, 5) is 20.8. The molecule has 2 aromatic carbocycles. The molecule has 2 heteroatoms. The van der Waals surface area contributed by atoms with E-state index in [0.717, 1.165) is 22.3 Å². The Morgan fingerprint density at radius 1 is 0.625 bits per heavy atom. The first kappa shape index (κ1) is 2.97. The van der Waals surface area contributed by atoms with Crippen molar-refractivity contribution in [3.05, 3.63) is 20.4 Å². The van der Waals surface area contributed by atoms with Gasteiger partial charge < -0.3 is 0 Å². The summed E-state index contributed by atoms with van der Waals surface area (Å²) in [6.07, 6.45) is 0. The topological polar surface area (TPSA) is 34.1 Å². The molecule has 2 aromatic rings. The van der Waals surface area contributed by atoms with Crippen molar-refractivity contribution >= 4 is 0 Å². The van der Waals surface area contributed by atoms with Gasteiger partial charge in [0.2, 0.25) is 0 Å². The maximum Gasteiger partial charge on any atom is 0.196 e. The highest BCUT2D eigenvalue weighted by Crippen LogP contribution is 2.52. The summed E-state index contributed by atoms with van der Waals surface area (Å²) in [6, 6.07) is 0. The zero-order chi connectivity index (χ0) is 5.46. The first-order valence-electron chi connectivity index (χ1n) is 2.41. The molecule has 0 fully saturated rings. The van der Waals surface area contributed by atoms with Gasteiger partial charge in [-0.3, -0.25) is 9.59 Å². The smallest absolute Gasteiger partial charge is 0.196 e. The second-order valence-electron chi connectivity index (χ2n) is 2.16. The molecule has 0 spiro atoms. The summed E-state index contributed by atoms with van der Waals surface area (Å²) in [5, 5.41) is 0. The second kappa shape index (κ2) is 0.478. The lowest BCUT2D eigenvalue weighted by atomic mass is 10.2. The summed E-state index contributed by atoms with van der Waals surface area (Å²) in [6.45, 7) is 0. The van der Waals surface area contributed by atoms with Gasteiger partial charge in [-0.1, -0.05) is 0 Å². The molecular formula is C6O2. The van der Waals surface area contributed by atoms with Crippen LogP contribution < -0.4 is 10.9 Å². The Morgan fingerprint density at radius 2 is 0.875 bits per heavy atom. The Hall–Kier alpha value is -1.18. The number of rotatable bonds is 0. The van der Waals surface area contributed by atoms with E-state index in [0.29, 0.717) is 0 Å². The minimum Gasteiger partial charge on any atom is -0.289 e. The molecule has 0 saturated heterocycles. The van der Waals surface area contributed by atoms with Gasteiger partial charge in [0, 0.05) is 22.3 Å². The number of hydrogen-bond donors (Lipinski definition) is 0.